The highest BCUT2D eigenvalue weighted by atomic mass is 16.6. The maximum absolute atomic E-state index is 11.6. The SMILES string of the molecule is CC(=N)C(=O)c1ccc(-c2ccccc2[N+](=O)[O-])cc1.O=C(O)C1=CCCC=C1. The van der Waals surface area contributed by atoms with Gasteiger partial charge < -0.3 is 10.5 Å². The van der Waals surface area contributed by atoms with Crippen LogP contribution in [-0.4, -0.2) is 27.5 Å². The highest BCUT2D eigenvalue weighted by molar-refractivity contribution is 6.44. The molecule has 2 aromatic carbocycles. The molecule has 29 heavy (non-hydrogen) atoms. The van der Waals surface area contributed by atoms with Crippen LogP contribution in [-0.2, 0) is 4.79 Å². The molecule has 0 aliphatic heterocycles. The number of carboxylic acids is 1. The van der Waals surface area contributed by atoms with Gasteiger partial charge in [0.1, 0.15) is 0 Å². The van der Waals surface area contributed by atoms with Gasteiger partial charge in [-0.05, 0) is 31.4 Å². The predicted molar refractivity (Wildman–Crippen MR) is 110 cm³/mol. The van der Waals surface area contributed by atoms with Crippen LogP contribution in [0, 0.1) is 15.5 Å². The molecule has 2 aromatic rings. The van der Waals surface area contributed by atoms with Crippen LogP contribution in [0.3, 0.4) is 0 Å². The third-order valence-electron chi connectivity index (χ3n) is 4.14. The fraction of sp³-hybridized carbons (Fsp3) is 0.136. The lowest BCUT2D eigenvalue weighted by atomic mass is 10.00. The number of nitro benzene ring substituents is 1. The van der Waals surface area contributed by atoms with E-state index in [-0.39, 0.29) is 17.2 Å². The number of rotatable bonds is 5. The zero-order valence-corrected chi connectivity index (χ0v) is 15.8. The second kappa shape index (κ2) is 9.89. The number of aliphatic carboxylic acids is 1. The van der Waals surface area contributed by atoms with Crippen molar-refractivity contribution in [1.29, 1.82) is 5.41 Å². The van der Waals surface area contributed by atoms with E-state index in [9.17, 15) is 19.7 Å². The number of hydrogen-bond donors (Lipinski definition) is 2. The van der Waals surface area contributed by atoms with E-state index < -0.39 is 10.9 Å². The van der Waals surface area contributed by atoms with Crippen molar-refractivity contribution in [2.45, 2.75) is 19.8 Å². The Morgan fingerprint density at radius 3 is 2.21 bits per heavy atom. The van der Waals surface area contributed by atoms with Crippen LogP contribution in [0.1, 0.15) is 30.1 Å². The van der Waals surface area contributed by atoms with Gasteiger partial charge in [0.05, 0.1) is 21.8 Å². The highest BCUT2D eigenvalue weighted by Gasteiger charge is 2.15. The summed E-state index contributed by atoms with van der Waals surface area (Å²) in [4.78, 5) is 32.4. The van der Waals surface area contributed by atoms with Crippen molar-refractivity contribution < 1.29 is 19.6 Å². The summed E-state index contributed by atoms with van der Waals surface area (Å²) in [6.07, 6.45) is 7.09. The number of benzene rings is 2. The van der Waals surface area contributed by atoms with Gasteiger partial charge >= 0.3 is 5.97 Å². The van der Waals surface area contributed by atoms with Gasteiger partial charge in [0.25, 0.3) is 5.69 Å². The quantitative estimate of drug-likeness (QED) is 0.327. The maximum Gasteiger partial charge on any atom is 0.335 e. The minimum atomic E-state index is -0.828. The summed E-state index contributed by atoms with van der Waals surface area (Å²) in [5.41, 5.74) is 1.97. The molecule has 7 heteroatoms. The third kappa shape index (κ3) is 5.80. The predicted octanol–water partition coefficient (Wildman–Crippen LogP) is 4.83. The second-order valence-corrected chi connectivity index (χ2v) is 6.25. The number of carboxylic acid groups (broad SMARTS) is 1. The molecule has 0 saturated carbocycles. The van der Waals surface area contributed by atoms with E-state index in [1.165, 1.54) is 13.0 Å². The molecule has 0 saturated heterocycles. The van der Waals surface area contributed by atoms with Crippen LogP contribution >= 0.6 is 0 Å². The average Bonchev–Trinajstić information content (AvgIpc) is 2.74. The molecule has 1 aliphatic carbocycles. The smallest absolute Gasteiger partial charge is 0.335 e. The molecule has 0 bridgehead atoms. The number of carbonyl (C=O) groups excluding carboxylic acids is 1. The first-order valence-electron chi connectivity index (χ1n) is 8.85. The van der Waals surface area contributed by atoms with Crippen molar-refractivity contribution in [3.05, 3.63) is 88.0 Å². The summed E-state index contributed by atoms with van der Waals surface area (Å²) in [5, 5.41) is 26.7. The van der Waals surface area contributed by atoms with E-state index in [2.05, 4.69) is 0 Å². The molecule has 0 unspecified atom stereocenters. The van der Waals surface area contributed by atoms with E-state index in [0.29, 0.717) is 22.3 Å². The van der Waals surface area contributed by atoms with Crippen molar-refractivity contribution in [2.24, 2.45) is 0 Å². The number of nitro groups is 1. The van der Waals surface area contributed by atoms with E-state index in [0.717, 1.165) is 12.8 Å². The topological polar surface area (TPSA) is 121 Å². The van der Waals surface area contributed by atoms with Gasteiger partial charge in [-0.2, -0.15) is 0 Å². The number of nitrogens with one attached hydrogen (secondary N) is 1. The van der Waals surface area contributed by atoms with Crippen LogP contribution in [0.2, 0.25) is 0 Å². The van der Waals surface area contributed by atoms with Crippen LogP contribution in [0.25, 0.3) is 11.1 Å². The molecule has 0 aromatic heterocycles. The molecule has 2 N–H and O–H groups in total. The van der Waals surface area contributed by atoms with Crippen molar-refractivity contribution in [3.63, 3.8) is 0 Å². The molecule has 148 valence electrons. The molecular formula is C22H20N2O5. The van der Waals surface area contributed by atoms with Gasteiger partial charge in [-0.3, -0.25) is 14.9 Å². The molecule has 0 spiro atoms. The standard InChI is InChI=1S/C15H12N2O3.C7H8O2/c1-10(16)15(18)12-8-6-11(7-9-12)13-4-2-3-5-14(13)17(19)20;8-7(9)6-4-2-1-3-5-6/h2-9,16H,1H3;2,4-5H,1,3H2,(H,8,9). The molecular weight excluding hydrogens is 372 g/mol. The first kappa shape index (κ1) is 21.4. The summed E-state index contributed by atoms with van der Waals surface area (Å²) >= 11 is 0. The van der Waals surface area contributed by atoms with E-state index in [4.69, 9.17) is 10.5 Å². The lowest BCUT2D eigenvalue weighted by molar-refractivity contribution is -0.384. The number of Topliss-reactive ketones (excluding diaryl/α,β-unsaturated/α-hetero) is 1. The van der Waals surface area contributed by atoms with Crippen LogP contribution < -0.4 is 0 Å². The van der Waals surface area contributed by atoms with Gasteiger partial charge in [0.2, 0.25) is 5.78 Å². The number of ketones is 1. The minimum absolute atomic E-state index is 0.0230. The number of nitrogens with zero attached hydrogens (tertiary/aromatic N) is 1. The fourth-order valence-corrected chi connectivity index (χ4v) is 2.67. The Balaban J connectivity index is 0.000000278. The largest absolute Gasteiger partial charge is 0.478 e. The number of allylic oxidation sites excluding steroid dienone is 2. The Morgan fingerprint density at radius 1 is 1.07 bits per heavy atom. The maximum atomic E-state index is 11.6. The first-order valence-corrected chi connectivity index (χ1v) is 8.85. The lowest BCUT2D eigenvalue weighted by Crippen LogP contribution is -2.08. The Kier molecular flexibility index (Phi) is 7.31. The number of hydrogen-bond acceptors (Lipinski definition) is 5. The fourth-order valence-electron chi connectivity index (χ4n) is 2.67. The molecule has 0 fully saturated rings. The van der Waals surface area contributed by atoms with Crippen molar-refractivity contribution in [3.8, 4) is 11.1 Å². The number of carbonyl (C=O) groups is 2. The lowest BCUT2D eigenvalue weighted by Gasteiger charge is -2.04. The van der Waals surface area contributed by atoms with Crippen LogP contribution in [0.15, 0.2) is 72.3 Å². The Bertz CT molecular complexity index is 1000. The monoisotopic (exact) mass is 392 g/mol. The average molecular weight is 392 g/mol. The van der Waals surface area contributed by atoms with E-state index in [1.807, 2.05) is 6.08 Å². The van der Waals surface area contributed by atoms with Gasteiger partial charge in [-0.1, -0.05) is 54.6 Å². The molecule has 0 atom stereocenters. The van der Waals surface area contributed by atoms with Gasteiger partial charge in [0, 0.05) is 11.6 Å². The Morgan fingerprint density at radius 2 is 1.72 bits per heavy atom. The normalized spacial score (nSPS) is 12.2. The van der Waals surface area contributed by atoms with Crippen molar-refractivity contribution in [2.75, 3.05) is 0 Å². The molecule has 7 nitrogen and oxygen atoms in total. The summed E-state index contributed by atoms with van der Waals surface area (Å²) < 4.78 is 0. The molecule has 3 rings (SSSR count). The van der Waals surface area contributed by atoms with Gasteiger partial charge in [-0.15, -0.1) is 0 Å². The Labute approximate surface area is 167 Å². The second-order valence-electron chi connectivity index (χ2n) is 6.25. The molecule has 0 heterocycles. The van der Waals surface area contributed by atoms with Crippen LogP contribution in [0.5, 0.6) is 0 Å². The summed E-state index contributed by atoms with van der Waals surface area (Å²) in [6.45, 7) is 1.43. The molecule has 1 aliphatic rings. The summed E-state index contributed by atoms with van der Waals surface area (Å²) in [7, 11) is 0. The zero-order chi connectivity index (χ0) is 21.4. The van der Waals surface area contributed by atoms with Crippen LogP contribution in [0.4, 0.5) is 5.69 Å². The molecule has 0 radical (unpaired) electrons. The van der Waals surface area contributed by atoms with E-state index >= 15 is 0 Å². The first-order chi connectivity index (χ1) is 13.8. The molecule has 0 amide bonds. The minimum Gasteiger partial charge on any atom is -0.478 e. The van der Waals surface area contributed by atoms with Gasteiger partial charge in [0.15, 0.2) is 0 Å². The van der Waals surface area contributed by atoms with Crippen molar-refractivity contribution in [1.82, 2.24) is 0 Å². The van der Waals surface area contributed by atoms with Crippen molar-refractivity contribution >= 4 is 23.2 Å². The Hall–Kier alpha value is -3.87. The summed E-state index contributed by atoms with van der Waals surface area (Å²) in [5.74, 6) is -1.18. The van der Waals surface area contributed by atoms with E-state index in [1.54, 1.807) is 54.6 Å². The highest BCUT2D eigenvalue weighted by Crippen LogP contribution is 2.29. The summed E-state index contributed by atoms with van der Waals surface area (Å²) in [6, 6.07) is 12.9. The zero-order valence-electron chi connectivity index (χ0n) is 15.8. The third-order valence-corrected chi connectivity index (χ3v) is 4.14. The van der Waals surface area contributed by atoms with Gasteiger partial charge in [-0.25, -0.2) is 4.79 Å². The number of para-hydroxylation sites is 1.